The van der Waals surface area contributed by atoms with Crippen molar-refractivity contribution in [2.75, 3.05) is 7.11 Å². The Bertz CT molecular complexity index is 607. The molecule has 0 aliphatic carbocycles. The maximum Gasteiger partial charge on any atom is 0.142 e. The number of rotatable bonds is 3. The molecule has 5 heteroatoms. The van der Waals surface area contributed by atoms with Crippen LogP contribution in [-0.4, -0.2) is 17.1 Å². The molecule has 0 atom stereocenters. The summed E-state index contributed by atoms with van der Waals surface area (Å²) in [4.78, 5) is 8.34. The molecule has 0 aliphatic rings. The van der Waals surface area contributed by atoms with Crippen LogP contribution in [0.4, 0.5) is 0 Å². The summed E-state index contributed by atoms with van der Waals surface area (Å²) in [6.07, 6.45) is 1.80. The van der Waals surface area contributed by atoms with Gasteiger partial charge in [0, 0.05) is 16.8 Å². The first kappa shape index (κ1) is 12.3. The number of methoxy groups -OCH3 is 1. The van der Waals surface area contributed by atoms with Gasteiger partial charge in [0.25, 0.3) is 0 Å². The lowest BCUT2D eigenvalue weighted by Gasteiger charge is -2.08. The minimum Gasteiger partial charge on any atom is -0.496 e. The fraction of sp³-hybridized carbons (Fsp3) is 0.154. The van der Waals surface area contributed by atoms with Gasteiger partial charge in [0.1, 0.15) is 11.6 Å². The van der Waals surface area contributed by atoms with Crippen LogP contribution in [0.5, 0.6) is 5.75 Å². The molecule has 0 spiro atoms. The van der Waals surface area contributed by atoms with E-state index in [2.05, 4.69) is 9.97 Å². The van der Waals surface area contributed by atoms with Crippen LogP contribution in [0.1, 0.15) is 5.82 Å². The quantitative estimate of drug-likeness (QED) is 0.850. The van der Waals surface area contributed by atoms with E-state index in [1.807, 2.05) is 6.07 Å². The van der Waals surface area contributed by atoms with E-state index in [1.165, 1.54) is 0 Å². The Morgan fingerprint density at radius 2 is 2.22 bits per heavy atom. The smallest absolute Gasteiger partial charge is 0.142 e. The molecule has 0 bridgehead atoms. The minimum atomic E-state index is 0.177. The van der Waals surface area contributed by atoms with Gasteiger partial charge < -0.3 is 4.74 Å². The molecule has 0 saturated heterocycles. The van der Waals surface area contributed by atoms with Crippen molar-refractivity contribution in [1.82, 2.24) is 9.97 Å². The van der Waals surface area contributed by atoms with Gasteiger partial charge in [-0.3, -0.25) is 0 Å². The average molecular weight is 260 g/mol. The zero-order chi connectivity index (χ0) is 13.0. The highest BCUT2D eigenvalue weighted by Gasteiger charge is 2.09. The van der Waals surface area contributed by atoms with E-state index in [9.17, 15) is 0 Å². The summed E-state index contributed by atoms with van der Waals surface area (Å²) < 4.78 is 5.27. The SMILES string of the molecule is COc1ccc(Cl)cc1-c1ccnc(CC#N)n1. The van der Waals surface area contributed by atoms with Crippen LogP contribution in [0.3, 0.4) is 0 Å². The second kappa shape index (κ2) is 5.48. The Hall–Kier alpha value is -2.12. The standard InChI is InChI=1S/C13H10ClN3O/c1-18-12-3-2-9(14)8-10(12)11-5-7-16-13(17-11)4-6-15/h2-3,5,7-8H,4H2,1H3. The topological polar surface area (TPSA) is 58.8 Å². The molecule has 0 unspecified atom stereocenters. The molecule has 1 aromatic heterocycles. The van der Waals surface area contributed by atoms with Gasteiger partial charge in [-0.15, -0.1) is 0 Å². The van der Waals surface area contributed by atoms with Crippen molar-refractivity contribution >= 4 is 11.6 Å². The van der Waals surface area contributed by atoms with Gasteiger partial charge in [0.05, 0.1) is 25.3 Å². The number of aromatic nitrogens is 2. The van der Waals surface area contributed by atoms with E-state index in [0.717, 1.165) is 5.56 Å². The monoisotopic (exact) mass is 259 g/mol. The molecule has 4 nitrogen and oxygen atoms in total. The minimum absolute atomic E-state index is 0.177. The number of hydrogen-bond acceptors (Lipinski definition) is 4. The largest absolute Gasteiger partial charge is 0.496 e. The number of ether oxygens (including phenoxy) is 1. The highest BCUT2D eigenvalue weighted by molar-refractivity contribution is 6.30. The number of nitriles is 1. The molecule has 0 amide bonds. The van der Waals surface area contributed by atoms with Crippen molar-refractivity contribution in [1.29, 1.82) is 5.26 Å². The number of nitrogens with zero attached hydrogens (tertiary/aromatic N) is 3. The van der Waals surface area contributed by atoms with Crippen molar-refractivity contribution in [2.24, 2.45) is 0 Å². The summed E-state index contributed by atoms with van der Waals surface area (Å²) in [5.74, 6) is 1.16. The van der Waals surface area contributed by atoms with E-state index >= 15 is 0 Å². The number of hydrogen-bond donors (Lipinski definition) is 0. The molecule has 1 aromatic carbocycles. The Kier molecular flexibility index (Phi) is 3.75. The van der Waals surface area contributed by atoms with E-state index < -0.39 is 0 Å². The van der Waals surface area contributed by atoms with Gasteiger partial charge in [-0.05, 0) is 24.3 Å². The van der Waals surface area contributed by atoms with Gasteiger partial charge in [-0.25, -0.2) is 9.97 Å². The molecule has 2 aromatic rings. The third-order valence-electron chi connectivity index (χ3n) is 2.38. The van der Waals surface area contributed by atoms with Crippen LogP contribution >= 0.6 is 11.6 Å². The lowest BCUT2D eigenvalue weighted by molar-refractivity contribution is 0.416. The molecule has 0 saturated carbocycles. The van der Waals surface area contributed by atoms with Gasteiger partial charge in [-0.2, -0.15) is 5.26 Å². The molecule has 0 fully saturated rings. The molecule has 1 heterocycles. The Labute approximate surface area is 110 Å². The zero-order valence-corrected chi connectivity index (χ0v) is 10.5. The lowest BCUT2D eigenvalue weighted by atomic mass is 10.1. The van der Waals surface area contributed by atoms with Crippen molar-refractivity contribution in [2.45, 2.75) is 6.42 Å². The Balaban J connectivity index is 2.51. The van der Waals surface area contributed by atoms with Crippen molar-refractivity contribution in [3.05, 3.63) is 41.3 Å². The van der Waals surface area contributed by atoms with Crippen LogP contribution in [0.15, 0.2) is 30.5 Å². The summed E-state index contributed by atoms with van der Waals surface area (Å²) in [5.41, 5.74) is 1.47. The fourth-order valence-corrected chi connectivity index (χ4v) is 1.76. The van der Waals surface area contributed by atoms with Crippen molar-refractivity contribution in [3.63, 3.8) is 0 Å². The molecular weight excluding hydrogens is 250 g/mol. The predicted octanol–water partition coefficient (Wildman–Crippen LogP) is 2.87. The van der Waals surface area contributed by atoms with Crippen LogP contribution in [0.2, 0.25) is 5.02 Å². The predicted molar refractivity (Wildman–Crippen MR) is 68.3 cm³/mol. The second-order valence-corrected chi connectivity index (χ2v) is 3.97. The van der Waals surface area contributed by atoms with E-state index in [1.54, 1.807) is 37.6 Å². The van der Waals surface area contributed by atoms with Gasteiger partial charge in [-0.1, -0.05) is 11.6 Å². The first-order chi connectivity index (χ1) is 8.74. The van der Waals surface area contributed by atoms with Gasteiger partial charge in [0.15, 0.2) is 0 Å². The first-order valence-corrected chi connectivity index (χ1v) is 5.65. The molecule has 18 heavy (non-hydrogen) atoms. The Morgan fingerprint density at radius 1 is 1.39 bits per heavy atom. The average Bonchev–Trinajstić information content (AvgIpc) is 2.39. The van der Waals surface area contributed by atoms with E-state index in [4.69, 9.17) is 21.6 Å². The third-order valence-corrected chi connectivity index (χ3v) is 2.62. The van der Waals surface area contributed by atoms with Crippen LogP contribution in [-0.2, 0) is 6.42 Å². The number of benzene rings is 1. The molecule has 2 rings (SSSR count). The highest BCUT2D eigenvalue weighted by atomic mass is 35.5. The first-order valence-electron chi connectivity index (χ1n) is 5.27. The van der Waals surface area contributed by atoms with Gasteiger partial charge in [0.2, 0.25) is 0 Å². The normalized spacial score (nSPS) is 9.83. The summed E-state index contributed by atoms with van der Waals surface area (Å²) in [5, 5.41) is 9.25. The number of halogens is 1. The second-order valence-electron chi connectivity index (χ2n) is 3.54. The summed E-state index contributed by atoms with van der Waals surface area (Å²) in [6.45, 7) is 0. The Morgan fingerprint density at radius 3 is 2.94 bits per heavy atom. The van der Waals surface area contributed by atoms with Crippen LogP contribution in [0, 0.1) is 11.3 Å². The zero-order valence-electron chi connectivity index (χ0n) is 9.72. The van der Waals surface area contributed by atoms with Crippen molar-refractivity contribution < 1.29 is 4.74 Å². The summed E-state index contributed by atoms with van der Waals surface area (Å²) >= 11 is 5.97. The molecule has 0 radical (unpaired) electrons. The maximum absolute atomic E-state index is 8.65. The molecule has 90 valence electrons. The lowest BCUT2D eigenvalue weighted by Crippen LogP contribution is -1.96. The molecule has 0 aliphatic heterocycles. The van der Waals surface area contributed by atoms with E-state index in [-0.39, 0.29) is 6.42 Å². The summed E-state index contributed by atoms with van der Waals surface area (Å²) in [7, 11) is 1.59. The van der Waals surface area contributed by atoms with Crippen molar-refractivity contribution in [3.8, 4) is 23.1 Å². The molecule has 0 N–H and O–H groups in total. The maximum atomic E-state index is 8.65. The molecular formula is C13H10ClN3O. The van der Waals surface area contributed by atoms with Gasteiger partial charge >= 0.3 is 0 Å². The van der Waals surface area contributed by atoms with Crippen LogP contribution < -0.4 is 4.74 Å². The van der Waals surface area contributed by atoms with Crippen LogP contribution in [0.25, 0.3) is 11.3 Å². The van der Waals surface area contributed by atoms with E-state index in [0.29, 0.717) is 22.3 Å². The highest BCUT2D eigenvalue weighted by Crippen LogP contribution is 2.31. The summed E-state index contributed by atoms with van der Waals surface area (Å²) in [6, 6.07) is 9.09. The fourth-order valence-electron chi connectivity index (χ4n) is 1.59. The third kappa shape index (κ3) is 2.58.